The molecule has 4 saturated carbocycles. The van der Waals surface area contributed by atoms with Gasteiger partial charge in [0.25, 0.3) is 5.91 Å². The molecule has 9 heteroatoms. The highest BCUT2D eigenvalue weighted by molar-refractivity contribution is 6.42. The number of amides is 3. The van der Waals surface area contributed by atoms with Crippen molar-refractivity contribution in [2.75, 3.05) is 0 Å². The second kappa shape index (κ2) is 8.47. The second-order valence-electron chi connectivity index (χ2n) is 9.04. The molecule has 9 nitrogen and oxygen atoms in total. The largest absolute Gasteiger partial charge is 0.345 e. The first kappa shape index (κ1) is 21.0. The van der Waals surface area contributed by atoms with E-state index in [1.165, 1.54) is 19.3 Å². The maximum Gasteiger partial charge on any atom is 0.330 e. The van der Waals surface area contributed by atoms with Gasteiger partial charge in [-0.05, 0) is 61.8 Å². The van der Waals surface area contributed by atoms with Crippen LogP contribution < -0.4 is 22.0 Å². The van der Waals surface area contributed by atoms with E-state index in [0.717, 1.165) is 19.3 Å². The summed E-state index contributed by atoms with van der Waals surface area (Å²) < 4.78 is 0. The van der Waals surface area contributed by atoms with Crippen molar-refractivity contribution in [1.29, 1.82) is 5.26 Å². The Balaban J connectivity index is 1.60. The van der Waals surface area contributed by atoms with Gasteiger partial charge in [-0.3, -0.25) is 19.8 Å². The molecule has 3 amide bonds. The Bertz CT molecular complexity index is 916. The highest BCUT2D eigenvalue weighted by atomic mass is 16.2. The number of nitrogens with zero attached hydrogens (tertiary/aromatic N) is 2. The van der Waals surface area contributed by atoms with Gasteiger partial charge in [0, 0.05) is 5.54 Å². The molecule has 162 valence electrons. The molecule has 0 saturated heterocycles. The Morgan fingerprint density at radius 2 is 1.58 bits per heavy atom. The fourth-order valence-corrected chi connectivity index (χ4v) is 5.98. The smallest absolute Gasteiger partial charge is 0.330 e. The molecular formula is C22H26N6O3. The fourth-order valence-electron chi connectivity index (χ4n) is 5.98. The van der Waals surface area contributed by atoms with Crippen LogP contribution in [0.3, 0.4) is 0 Å². The van der Waals surface area contributed by atoms with Crippen LogP contribution in [0.25, 0.3) is 0 Å². The highest BCUT2D eigenvalue weighted by Gasteiger charge is 2.52. The van der Waals surface area contributed by atoms with Gasteiger partial charge in [-0.1, -0.05) is 30.3 Å². The van der Waals surface area contributed by atoms with Crippen LogP contribution in [0.1, 0.15) is 50.0 Å². The number of carbonyl (C=O) groups is 3. The van der Waals surface area contributed by atoms with E-state index in [1.54, 1.807) is 35.8 Å². The Morgan fingerprint density at radius 3 is 2.10 bits per heavy atom. The summed E-state index contributed by atoms with van der Waals surface area (Å²) in [6.07, 6.45) is 6.48. The first-order valence-corrected chi connectivity index (χ1v) is 10.6. The van der Waals surface area contributed by atoms with Gasteiger partial charge in [0.05, 0.1) is 6.07 Å². The van der Waals surface area contributed by atoms with Crippen molar-refractivity contribution in [2.45, 2.75) is 50.0 Å². The number of nitrogens with two attached hydrogens (primary N) is 1. The van der Waals surface area contributed by atoms with Gasteiger partial charge in [-0.15, -0.1) is 0 Å². The third-order valence-corrected chi connectivity index (χ3v) is 6.80. The normalized spacial score (nSPS) is 29.5. The number of hydrogen-bond donors (Lipinski definition) is 4. The molecule has 0 unspecified atom stereocenters. The molecular weight excluding hydrogens is 396 g/mol. The van der Waals surface area contributed by atoms with Crippen molar-refractivity contribution in [2.24, 2.45) is 28.7 Å². The van der Waals surface area contributed by atoms with Crippen LogP contribution in [0.2, 0.25) is 0 Å². The van der Waals surface area contributed by atoms with E-state index >= 15 is 0 Å². The average molecular weight is 422 g/mol. The maximum absolute atomic E-state index is 13.4. The van der Waals surface area contributed by atoms with Crippen molar-refractivity contribution in [1.82, 2.24) is 16.2 Å². The molecule has 1 aromatic rings. The monoisotopic (exact) mass is 422 g/mol. The summed E-state index contributed by atoms with van der Waals surface area (Å²) in [5.74, 6) is 3.13. The maximum atomic E-state index is 13.4. The molecule has 1 atom stereocenters. The molecule has 4 aliphatic carbocycles. The number of hydrazine groups is 1. The minimum absolute atomic E-state index is 0.150. The van der Waals surface area contributed by atoms with Crippen LogP contribution in [0.4, 0.5) is 0 Å². The van der Waals surface area contributed by atoms with Gasteiger partial charge < -0.3 is 5.32 Å². The molecule has 0 radical (unpaired) electrons. The lowest BCUT2D eigenvalue weighted by atomic mass is 9.53. The second-order valence-corrected chi connectivity index (χ2v) is 9.04. The number of nitriles is 1. The number of nitrogens with one attached hydrogen (secondary N) is 3. The molecule has 4 aliphatic rings. The zero-order valence-corrected chi connectivity index (χ0v) is 17.1. The minimum atomic E-state index is -1.12. The van der Waals surface area contributed by atoms with E-state index in [-0.39, 0.29) is 11.3 Å². The number of hydrazone groups is 1. The Kier molecular flexibility index (Phi) is 5.74. The van der Waals surface area contributed by atoms with Crippen molar-refractivity contribution in [3.63, 3.8) is 0 Å². The molecule has 0 aliphatic heterocycles. The number of carbonyl (C=O) groups excluding carboxylic acids is 3. The SMILES string of the molecule is N#C[C@H](/C(=N/NC(=O)C(=O)NN)C(=O)NC12CC3CC(CC(C3)C1)C2)c1ccccc1. The van der Waals surface area contributed by atoms with E-state index in [0.29, 0.717) is 23.3 Å². The molecule has 31 heavy (non-hydrogen) atoms. The third kappa shape index (κ3) is 4.30. The predicted molar refractivity (Wildman–Crippen MR) is 112 cm³/mol. The average Bonchev–Trinajstić information content (AvgIpc) is 2.75. The molecule has 5 rings (SSSR count). The number of hydrogen-bond acceptors (Lipinski definition) is 6. The first-order valence-electron chi connectivity index (χ1n) is 10.6. The summed E-state index contributed by atoms with van der Waals surface area (Å²) in [6.45, 7) is 0. The molecule has 0 heterocycles. The standard InChI is InChI=1S/C22H26N6O3/c23-12-17(16-4-2-1-3-5-16)18(27-28-21(31)20(30)26-24)19(29)25-22-9-13-6-14(10-22)8-15(7-13)11-22/h1-5,13-15,17H,6-11,24H2,(H,25,29)(H,26,30)(H,28,31)/b27-18-/t13?,14?,15?,17-,22?/m0/s1. The van der Waals surface area contributed by atoms with Gasteiger partial charge >= 0.3 is 11.8 Å². The molecule has 0 spiro atoms. The van der Waals surface area contributed by atoms with Crippen LogP contribution in [0, 0.1) is 29.1 Å². The van der Waals surface area contributed by atoms with Gasteiger partial charge in [-0.25, -0.2) is 11.3 Å². The zero-order chi connectivity index (χ0) is 22.0. The number of rotatable bonds is 5. The van der Waals surface area contributed by atoms with E-state index in [1.807, 2.05) is 0 Å². The lowest BCUT2D eigenvalue weighted by Gasteiger charge is -2.56. The molecule has 0 aromatic heterocycles. The topological polar surface area (TPSA) is 149 Å². The van der Waals surface area contributed by atoms with E-state index < -0.39 is 23.6 Å². The Labute approximate surface area is 180 Å². The lowest BCUT2D eigenvalue weighted by Crippen LogP contribution is -2.61. The van der Waals surface area contributed by atoms with Crippen molar-refractivity contribution >= 4 is 23.4 Å². The van der Waals surface area contributed by atoms with Gasteiger partial charge in [-0.2, -0.15) is 10.4 Å². The van der Waals surface area contributed by atoms with E-state index in [2.05, 4.69) is 21.9 Å². The van der Waals surface area contributed by atoms with Crippen LogP contribution >= 0.6 is 0 Å². The molecule has 5 N–H and O–H groups in total. The van der Waals surface area contributed by atoms with Gasteiger partial charge in [0.1, 0.15) is 11.6 Å². The van der Waals surface area contributed by atoms with E-state index in [4.69, 9.17) is 5.84 Å². The highest BCUT2D eigenvalue weighted by Crippen LogP contribution is 2.55. The lowest BCUT2D eigenvalue weighted by molar-refractivity contribution is -0.139. The predicted octanol–water partition coefficient (Wildman–Crippen LogP) is 0.841. The van der Waals surface area contributed by atoms with Crippen LogP contribution in [0.5, 0.6) is 0 Å². The summed E-state index contributed by atoms with van der Waals surface area (Å²) in [4.78, 5) is 36.6. The molecule has 4 fully saturated rings. The summed E-state index contributed by atoms with van der Waals surface area (Å²) in [6, 6.07) is 10.9. The summed E-state index contributed by atoms with van der Waals surface area (Å²) in [5, 5.41) is 16.9. The van der Waals surface area contributed by atoms with Crippen LogP contribution in [-0.4, -0.2) is 29.0 Å². The zero-order valence-electron chi connectivity index (χ0n) is 17.1. The van der Waals surface area contributed by atoms with Crippen molar-refractivity contribution in [3.8, 4) is 6.07 Å². The van der Waals surface area contributed by atoms with Gasteiger partial charge in [0.2, 0.25) is 0 Å². The Morgan fingerprint density at radius 1 is 1.00 bits per heavy atom. The quantitative estimate of drug-likeness (QED) is 0.182. The van der Waals surface area contributed by atoms with Crippen molar-refractivity contribution in [3.05, 3.63) is 35.9 Å². The van der Waals surface area contributed by atoms with Crippen molar-refractivity contribution < 1.29 is 14.4 Å². The van der Waals surface area contributed by atoms with Crippen LogP contribution in [-0.2, 0) is 14.4 Å². The first-order chi connectivity index (χ1) is 14.9. The fraction of sp³-hybridized carbons (Fsp3) is 0.500. The third-order valence-electron chi connectivity index (χ3n) is 6.80. The molecule has 1 aromatic carbocycles. The summed E-state index contributed by atoms with van der Waals surface area (Å²) in [5.41, 5.74) is 3.89. The van der Waals surface area contributed by atoms with Gasteiger partial charge in [0.15, 0.2) is 0 Å². The molecule has 4 bridgehead atoms. The summed E-state index contributed by atoms with van der Waals surface area (Å²) >= 11 is 0. The van der Waals surface area contributed by atoms with E-state index in [9.17, 15) is 19.6 Å². The number of benzene rings is 1. The van der Waals surface area contributed by atoms with Crippen LogP contribution in [0.15, 0.2) is 35.4 Å². The Hall–Kier alpha value is -3.25. The summed E-state index contributed by atoms with van der Waals surface area (Å²) in [7, 11) is 0. The minimum Gasteiger partial charge on any atom is -0.345 e.